The van der Waals surface area contributed by atoms with E-state index in [0.29, 0.717) is 5.69 Å². The van der Waals surface area contributed by atoms with Gasteiger partial charge in [-0.15, -0.1) is 0 Å². The van der Waals surface area contributed by atoms with Gasteiger partial charge in [-0.05, 0) is 42.5 Å². The number of hydrogen-bond donors (Lipinski definition) is 0. The van der Waals surface area contributed by atoms with Crippen LogP contribution in [0.15, 0.2) is 91.0 Å². The zero-order valence-corrected chi connectivity index (χ0v) is 14.5. The highest BCUT2D eigenvalue weighted by Crippen LogP contribution is 2.34. The van der Waals surface area contributed by atoms with Crippen molar-refractivity contribution >= 4 is 21.8 Å². The van der Waals surface area contributed by atoms with Crippen LogP contribution in [-0.4, -0.2) is 9.55 Å². The summed E-state index contributed by atoms with van der Waals surface area (Å²) in [5.74, 6) is 0. The third kappa shape index (κ3) is 2.47. The predicted octanol–water partition coefficient (Wildman–Crippen LogP) is 5.72. The van der Waals surface area contributed by atoms with E-state index in [9.17, 15) is 0 Å². The lowest BCUT2D eigenvalue weighted by molar-refractivity contribution is 1.18. The summed E-state index contributed by atoms with van der Waals surface area (Å²) in [6.07, 6.45) is 0. The number of nitriles is 1. The minimum Gasteiger partial charge on any atom is -0.309 e. The van der Waals surface area contributed by atoms with Crippen LogP contribution in [0.2, 0.25) is 0 Å². The van der Waals surface area contributed by atoms with Crippen LogP contribution >= 0.6 is 0 Å². The summed E-state index contributed by atoms with van der Waals surface area (Å²) in [4.78, 5) is 4.45. The Morgan fingerprint density at radius 1 is 0.704 bits per heavy atom. The summed E-state index contributed by atoms with van der Waals surface area (Å²) >= 11 is 0. The lowest BCUT2D eigenvalue weighted by Gasteiger charge is -2.08. The predicted molar refractivity (Wildman–Crippen MR) is 109 cm³/mol. The molecule has 0 aliphatic rings. The molecule has 0 atom stereocenters. The Bertz CT molecular complexity index is 1320. The first kappa shape index (κ1) is 15.4. The van der Waals surface area contributed by atoms with Crippen LogP contribution in [0.5, 0.6) is 0 Å². The number of aromatic nitrogens is 2. The second-order valence-electron chi connectivity index (χ2n) is 6.44. The van der Waals surface area contributed by atoms with Gasteiger partial charge >= 0.3 is 0 Å². The lowest BCUT2D eigenvalue weighted by atomic mass is 10.1. The Morgan fingerprint density at radius 3 is 2.33 bits per heavy atom. The first-order valence-corrected chi connectivity index (χ1v) is 8.81. The fourth-order valence-electron chi connectivity index (χ4n) is 3.65. The van der Waals surface area contributed by atoms with Crippen molar-refractivity contribution in [3.05, 3.63) is 96.7 Å². The smallest absolute Gasteiger partial charge is 0.141 e. The summed E-state index contributed by atoms with van der Waals surface area (Å²) in [5.41, 5.74) is 5.72. The Kier molecular flexibility index (Phi) is 3.48. The van der Waals surface area contributed by atoms with Crippen molar-refractivity contribution in [1.82, 2.24) is 9.55 Å². The molecule has 0 aliphatic heterocycles. The molecule has 0 saturated heterocycles. The van der Waals surface area contributed by atoms with Gasteiger partial charge in [0, 0.05) is 22.0 Å². The molecule has 5 aromatic rings. The van der Waals surface area contributed by atoms with E-state index in [1.54, 1.807) is 6.07 Å². The molecule has 2 heterocycles. The molecular weight excluding hydrogens is 330 g/mol. The SMILES string of the molecule is N#Cc1cccc(-c2ccc3c(c2)c2ccccc2n3-c2ccccc2)n1. The molecule has 0 aliphatic carbocycles. The summed E-state index contributed by atoms with van der Waals surface area (Å²) in [6.45, 7) is 0. The monoisotopic (exact) mass is 345 g/mol. The second-order valence-corrected chi connectivity index (χ2v) is 6.44. The molecule has 0 unspecified atom stereocenters. The molecule has 3 heteroatoms. The van der Waals surface area contributed by atoms with Gasteiger partial charge < -0.3 is 4.57 Å². The Hall–Kier alpha value is -3.90. The molecule has 0 bridgehead atoms. The molecule has 5 rings (SSSR count). The molecule has 0 amide bonds. The number of hydrogen-bond acceptors (Lipinski definition) is 2. The van der Waals surface area contributed by atoms with E-state index in [-0.39, 0.29) is 0 Å². The summed E-state index contributed by atoms with van der Waals surface area (Å²) in [5, 5.41) is 11.5. The first-order valence-electron chi connectivity index (χ1n) is 8.81. The summed E-state index contributed by atoms with van der Waals surface area (Å²) < 4.78 is 2.29. The van der Waals surface area contributed by atoms with Gasteiger partial charge in [0.05, 0.1) is 16.7 Å². The molecule has 126 valence electrons. The number of pyridine rings is 1. The van der Waals surface area contributed by atoms with Crippen LogP contribution in [-0.2, 0) is 0 Å². The Balaban J connectivity index is 1.82. The fraction of sp³-hybridized carbons (Fsp3) is 0. The van der Waals surface area contributed by atoms with Gasteiger partial charge in [0.15, 0.2) is 0 Å². The maximum atomic E-state index is 9.14. The van der Waals surface area contributed by atoms with Crippen LogP contribution in [0.3, 0.4) is 0 Å². The van der Waals surface area contributed by atoms with Crippen molar-refractivity contribution in [2.75, 3.05) is 0 Å². The van der Waals surface area contributed by atoms with Crippen LogP contribution in [0.1, 0.15) is 5.69 Å². The van der Waals surface area contributed by atoms with E-state index < -0.39 is 0 Å². The highest BCUT2D eigenvalue weighted by Gasteiger charge is 2.13. The number of para-hydroxylation sites is 2. The van der Waals surface area contributed by atoms with Crippen LogP contribution in [0.4, 0.5) is 0 Å². The van der Waals surface area contributed by atoms with Crippen molar-refractivity contribution in [3.8, 4) is 23.0 Å². The zero-order chi connectivity index (χ0) is 18.2. The number of nitrogens with zero attached hydrogens (tertiary/aromatic N) is 3. The van der Waals surface area contributed by atoms with Gasteiger partial charge in [-0.3, -0.25) is 0 Å². The number of fused-ring (bicyclic) bond motifs is 3. The van der Waals surface area contributed by atoms with E-state index in [4.69, 9.17) is 5.26 Å². The van der Waals surface area contributed by atoms with Gasteiger partial charge in [-0.1, -0.05) is 48.5 Å². The van der Waals surface area contributed by atoms with Gasteiger partial charge in [-0.25, -0.2) is 4.98 Å². The van der Waals surface area contributed by atoms with Crippen molar-refractivity contribution in [2.45, 2.75) is 0 Å². The van der Waals surface area contributed by atoms with Crippen LogP contribution in [0.25, 0.3) is 38.8 Å². The number of rotatable bonds is 2. The molecular formula is C24H15N3. The Labute approximate surface area is 156 Å². The zero-order valence-electron chi connectivity index (χ0n) is 14.5. The third-order valence-electron chi connectivity index (χ3n) is 4.85. The molecule has 0 spiro atoms. The van der Waals surface area contributed by atoms with Crippen molar-refractivity contribution < 1.29 is 0 Å². The van der Waals surface area contributed by atoms with Gasteiger partial charge in [-0.2, -0.15) is 5.26 Å². The molecule has 3 aromatic carbocycles. The van der Waals surface area contributed by atoms with Crippen LogP contribution in [0, 0.1) is 11.3 Å². The van der Waals surface area contributed by atoms with Crippen LogP contribution < -0.4 is 0 Å². The van der Waals surface area contributed by atoms with E-state index in [1.165, 1.54) is 16.3 Å². The molecule has 0 N–H and O–H groups in total. The second kappa shape index (κ2) is 6.12. The van der Waals surface area contributed by atoms with E-state index in [0.717, 1.165) is 22.5 Å². The summed E-state index contributed by atoms with van der Waals surface area (Å²) in [7, 11) is 0. The Morgan fingerprint density at radius 2 is 1.48 bits per heavy atom. The van der Waals surface area contributed by atoms with Crippen molar-refractivity contribution in [2.24, 2.45) is 0 Å². The maximum Gasteiger partial charge on any atom is 0.141 e. The van der Waals surface area contributed by atoms with Crippen molar-refractivity contribution in [3.63, 3.8) is 0 Å². The third-order valence-corrected chi connectivity index (χ3v) is 4.85. The van der Waals surface area contributed by atoms with E-state index >= 15 is 0 Å². The fourth-order valence-corrected chi connectivity index (χ4v) is 3.65. The highest BCUT2D eigenvalue weighted by molar-refractivity contribution is 6.10. The molecule has 0 saturated carbocycles. The molecule has 3 nitrogen and oxygen atoms in total. The number of benzene rings is 3. The first-order chi connectivity index (χ1) is 13.3. The van der Waals surface area contributed by atoms with Gasteiger partial charge in [0.25, 0.3) is 0 Å². The van der Waals surface area contributed by atoms with E-state index in [1.807, 2.05) is 18.2 Å². The minimum absolute atomic E-state index is 0.430. The average molecular weight is 345 g/mol. The van der Waals surface area contributed by atoms with E-state index in [2.05, 4.69) is 82.4 Å². The normalized spacial score (nSPS) is 10.9. The molecule has 2 aromatic heterocycles. The molecule has 0 fully saturated rings. The maximum absolute atomic E-state index is 9.14. The topological polar surface area (TPSA) is 41.6 Å². The quantitative estimate of drug-likeness (QED) is 0.411. The minimum atomic E-state index is 0.430. The standard InChI is InChI=1S/C24H15N3/c25-16-18-7-6-11-22(26-18)17-13-14-24-21(15-17)20-10-4-5-12-23(20)27(24)19-8-2-1-3-9-19/h1-15H. The average Bonchev–Trinajstić information content (AvgIpc) is 3.08. The van der Waals surface area contributed by atoms with Gasteiger partial charge in [0.1, 0.15) is 11.8 Å². The largest absolute Gasteiger partial charge is 0.309 e. The summed E-state index contributed by atoms with van der Waals surface area (Å²) in [6, 6.07) is 32.9. The molecule has 0 radical (unpaired) electrons. The lowest BCUT2D eigenvalue weighted by Crippen LogP contribution is -1.93. The molecule has 27 heavy (non-hydrogen) atoms. The van der Waals surface area contributed by atoms with Crippen molar-refractivity contribution in [1.29, 1.82) is 5.26 Å². The highest BCUT2D eigenvalue weighted by atomic mass is 15.0. The van der Waals surface area contributed by atoms with Gasteiger partial charge in [0.2, 0.25) is 0 Å².